The van der Waals surface area contributed by atoms with Crippen LogP contribution in [-0.2, 0) is 9.59 Å². The molecule has 3 rings (SSSR count). The zero-order chi connectivity index (χ0) is 19.2. The fourth-order valence-corrected chi connectivity index (χ4v) is 3.58. The summed E-state index contributed by atoms with van der Waals surface area (Å²) < 4.78 is 5.37. The van der Waals surface area contributed by atoms with Crippen LogP contribution in [0.15, 0.2) is 53.5 Å². The summed E-state index contributed by atoms with van der Waals surface area (Å²) in [5, 5.41) is 5.57. The molecule has 1 saturated heterocycles. The van der Waals surface area contributed by atoms with Crippen LogP contribution in [0.3, 0.4) is 0 Å². The van der Waals surface area contributed by atoms with Gasteiger partial charge in [-0.2, -0.15) is 0 Å². The molecule has 2 aromatic rings. The molecule has 1 aliphatic heterocycles. The predicted octanol–water partition coefficient (Wildman–Crippen LogP) is 3.64. The molecule has 2 amide bonds. The second-order valence-corrected chi connectivity index (χ2v) is 7.25. The molecule has 1 aliphatic rings. The molecule has 0 aromatic heterocycles. The molecule has 1 fully saturated rings. The lowest BCUT2D eigenvalue weighted by atomic mass is 10.2. The number of amidine groups is 1. The molecule has 27 heavy (non-hydrogen) atoms. The second kappa shape index (κ2) is 8.73. The highest BCUT2D eigenvalue weighted by atomic mass is 32.2. The van der Waals surface area contributed by atoms with Gasteiger partial charge in [-0.3, -0.25) is 9.59 Å². The van der Waals surface area contributed by atoms with Crippen molar-refractivity contribution < 1.29 is 14.3 Å². The molecule has 0 bridgehead atoms. The highest BCUT2D eigenvalue weighted by Gasteiger charge is 2.32. The van der Waals surface area contributed by atoms with Crippen molar-refractivity contribution in [1.29, 1.82) is 0 Å². The van der Waals surface area contributed by atoms with Gasteiger partial charge in [0.2, 0.25) is 11.8 Å². The maximum absolute atomic E-state index is 12.3. The molecule has 0 saturated carbocycles. The molecule has 2 N–H and O–H groups in total. The summed E-state index contributed by atoms with van der Waals surface area (Å²) in [5.74, 6) is 0.329. The van der Waals surface area contributed by atoms with E-state index in [-0.39, 0.29) is 18.2 Å². The Bertz CT molecular complexity index is 865. The van der Waals surface area contributed by atoms with Crippen LogP contribution >= 0.6 is 11.8 Å². The predicted molar refractivity (Wildman–Crippen MR) is 109 cm³/mol. The molecule has 7 heteroatoms. The van der Waals surface area contributed by atoms with Crippen LogP contribution in [0.2, 0.25) is 0 Å². The average Bonchev–Trinajstić information content (AvgIpc) is 2.96. The highest BCUT2D eigenvalue weighted by Crippen LogP contribution is 2.26. The molecule has 0 spiro atoms. The lowest BCUT2D eigenvalue weighted by Gasteiger charge is -2.08. The van der Waals surface area contributed by atoms with E-state index in [1.807, 2.05) is 38.1 Å². The van der Waals surface area contributed by atoms with Gasteiger partial charge in [0.25, 0.3) is 0 Å². The van der Waals surface area contributed by atoms with Crippen molar-refractivity contribution in [3.05, 3.63) is 54.1 Å². The van der Waals surface area contributed by atoms with E-state index < -0.39 is 5.25 Å². The van der Waals surface area contributed by atoms with Gasteiger partial charge < -0.3 is 15.4 Å². The first-order valence-electron chi connectivity index (χ1n) is 8.69. The minimum absolute atomic E-state index is 0.0799. The highest BCUT2D eigenvalue weighted by molar-refractivity contribution is 8.15. The number of nitrogens with zero attached hydrogens (tertiary/aromatic N) is 1. The van der Waals surface area contributed by atoms with Gasteiger partial charge in [0.1, 0.15) is 11.0 Å². The van der Waals surface area contributed by atoms with Crippen molar-refractivity contribution in [1.82, 2.24) is 5.32 Å². The van der Waals surface area contributed by atoms with Crippen molar-refractivity contribution >= 4 is 40.1 Å². The number of nitrogens with one attached hydrogen (secondary N) is 2. The van der Waals surface area contributed by atoms with Crippen molar-refractivity contribution in [2.75, 3.05) is 11.9 Å². The van der Waals surface area contributed by atoms with Crippen LogP contribution in [0.1, 0.15) is 18.9 Å². The van der Waals surface area contributed by atoms with Crippen LogP contribution in [0.4, 0.5) is 11.4 Å². The molecule has 0 unspecified atom stereocenters. The second-order valence-electron chi connectivity index (χ2n) is 6.06. The van der Waals surface area contributed by atoms with E-state index in [0.29, 0.717) is 17.5 Å². The maximum Gasteiger partial charge on any atom is 0.240 e. The number of aryl methyl sites for hydroxylation is 1. The molecule has 140 valence electrons. The summed E-state index contributed by atoms with van der Waals surface area (Å²) in [7, 11) is 0. The van der Waals surface area contributed by atoms with Gasteiger partial charge in [-0.25, -0.2) is 4.99 Å². The van der Waals surface area contributed by atoms with Crippen molar-refractivity contribution in [3.63, 3.8) is 0 Å². The number of hydrogen-bond acceptors (Lipinski definition) is 5. The van der Waals surface area contributed by atoms with Crippen LogP contribution in [0.5, 0.6) is 5.75 Å². The zero-order valence-electron chi connectivity index (χ0n) is 15.2. The van der Waals surface area contributed by atoms with E-state index in [2.05, 4.69) is 15.6 Å². The monoisotopic (exact) mass is 383 g/mol. The summed E-state index contributed by atoms with van der Waals surface area (Å²) in [5.41, 5.74) is 2.54. The number of carbonyl (C=O) groups is 2. The topological polar surface area (TPSA) is 79.8 Å². The van der Waals surface area contributed by atoms with E-state index in [9.17, 15) is 9.59 Å². The minimum atomic E-state index is -0.490. The number of thioether (sulfide) groups is 1. The molecular formula is C20H21N3O3S. The Morgan fingerprint density at radius 1 is 1.26 bits per heavy atom. The van der Waals surface area contributed by atoms with E-state index in [4.69, 9.17) is 4.74 Å². The van der Waals surface area contributed by atoms with Gasteiger partial charge >= 0.3 is 0 Å². The van der Waals surface area contributed by atoms with Crippen LogP contribution < -0.4 is 15.4 Å². The third kappa shape index (κ3) is 5.34. The van der Waals surface area contributed by atoms with Gasteiger partial charge in [0.15, 0.2) is 5.17 Å². The van der Waals surface area contributed by atoms with Gasteiger partial charge in [0, 0.05) is 12.1 Å². The number of hydrogen-bond donors (Lipinski definition) is 2. The lowest BCUT2D eigenvalue weighted by Crippen LogP contribution is -2.28. The van der Waals surface area contributed by atoms with Gasteiger partial charge in [-0.15, -0.1) is 0 Å². The summed E-state index contributed by atoms with van der Waals surface area (Å²) in [6, 6.07) is 14.8. The Morgan fingerprint density at radius 3 is 2.74 bits per heavy atom. The third-order valence-corrected chi connectivity index (χ3v) is 4.91. The Balaban J connectivity index is 1.57. The minimum Gasteiger partial charge on any atom is -0.494 e. The van der Waals surface area contributed by atoms with Crippen molar-refractivity contribution in [2.45, 2.75) is 25.5 Å². The summed E-state index contributed by atoms with van der Waals surface area (Å²) in [4.78, 5) is 28.8. The van der Waals surface area contributed by atoms with Gasteiger partial charge in [-0.1, -0.05) is 23.9 Å². The number of anilines is 1. The standard InChI is InChI=1S/C20H21N3O3S/c1-3-26-16-9-7-14(8-10-16)21-18(24)12-17-19(25)23-20(27-17)22-15-6-4-5-13(2)11-15/h4-11,17H,3,12H2,1-2H3,(H,21,24)(H,22,23,25)/t17-/m1/s1. The molecule has 0 radical (unpaired) electrons. The number of rotatable bonds is 6. The Kier molecular flexibility index (Phi) is 6.13. The molecule has 1 heterocycles. The Morgan fingerprint density at radius 2 is 2.04 bits per heavy atom. The third-order valence-electron chi connectivity index (χ3n) is 3.83. The number of carbonyl (C=O) groups excluding carboxylic acids is 2. The van der Waals surface area contributed by atoms with E-state index >= 15 is 0 Å². The number of ether oxygens (including phenoxy) is 1. The Hall–Kier alpha value is -2.80. The van der Waals surface area contributed by atoms with Gasteiger partial charge in [-0.05, 0) is 55.8 Å². The number of amides is 2. The van der Waals surface area contributed by atoms with Crippen LogP contribution in [0.25, 0.3) is 0 Å². The first-order valence-corrected chi connectivity index (χ1v) is 9.57. The Labute approximate surface area is 162 Å². The molecule has 1 atom stereocenters. The average molecular weight is 383 g/mol. The lowest BCUT2D eigenvalue weighted by molar-refractivity contribution is -0.122. The zero-order valence-corrected chi connectivity index (χ0v) is 16.0. The maximum atomic E-state index is 12.3. The van der Waals surface area contributed by atoms with Crippen molar-refractivity contribution in [3.8, 4) is 5.75 Å². The molecule has 0 aliphatic carbocycles. The summed E-state index contributed by atoms with van der Waals surface area (Å²) in [6.07, 6.45) is 0.0799. The molecule has 2 aromatic carbocycles. The molecular weight excluding hydrogens is 362 g/mol. The van der Waals surface area contributed by atoms with Crippen LogP contribution in [0, 0.1) is 6.92 Å². The van der Waals surface area contributed by atoms with E-state index in [1.165, 1.54) is 11.8 Å². The fourth-order valence-electron chi connectivity index (χ4n) is 2.59. The van der Waals surface area contributed by atoms with Gasteiger partial charge in [0.05, 0.1) is 12.3 Å². The molecule has 6 nitrogen and oxygen atoms in total. The number of benzene rings is 2. The normalized spacial score (nSPS) is 17.6. The smallest absolute Gasteiger partial charge is 0.240 e. The number of aliphatic imine (C=N–C) groups is 1. The quantitative estimate of drug-likeness (QED) is 0.798. The fraction of sp³-hybridized carbons (Fsp3) is 0.250. The summed E-state index contributed by atoms with van der Waals surface area (Å²) >= 11 is 1.28. The van der Waals surface area contributed by atoms with Crippen LogP contribution in [-0.4, -0.2) is 28.8 Å². The SMILES string of the molecule is CCOc1ccc(NC(=O)C[C@H]2SC(=Nc3cccc(C)c3)NC2=O)cc1. The largest absolute Gasteiger partial charge is 0.494 e. The first-order chi connectivity index (χ1) is 13.0. The van der Waals surface area contributed by atoms with E-state index in [0.717, 1.165) is 17.0 Å². The van der Waals surface area contributed by atoms with Crippen molar-refractivity contribution in [2.24, 2.45) is 4.99 Å². The summed E-state index contributed by atoms with van der Waals surface area (Å²) in [6.45, 7) is 4.49. The van der Waals surface area contributed by atoms with E-state index in [1.54, 1.807) is 24.3 Å². The first kappa shape index (κ1) is 19.0.